The molecule has 0 spiro atoms. The summed E-state index contributed by atoms with van der Waals surface area (Å²) in [5.74, 6) is -0.896. The Bertz CT molecular complexity index is 1280. The Morgan fingerprint density at radius 2 is 1.71 bits per heavy atom. The quantitative estimate of drug-likeness (QED) is 0.321. The van der Waals surface area contributed by atoms with Gasteiger partial charge in [0.1, 0.15) is 18.2 Å². The zero-order valence-corrected chi connectivity index (χ0v) is 24.8. The lowest BCUT2D eigenvalue weighted by atomic mass is 10.2. The number of amides is 2. The molecule has 0 radical (unpaired) electrons. The minimum absolute atomic E-state index is 0.0673. The molecule has 1 aliphatic heterocycles. The van der Waals surface area contributed by atoms with Crippen LogP contribution < -0.4 is 15.4 Å². The van der Waals surface area contributed by atoms with Crippen LogP contribution in [-0.4, -0.2) is 75.2 Å². The van der Waals surface area contributed by atoms with Crippen LogP contribution in [0.25, 0.3) is 0 Å². The molecule has 2 aromatic carbocycles. The van der Waals surface area contributed by atoms with E-state index in [-0.39, 0.29) is 37.1 Å². The first-order valence-electron chi connectivity index (χ1n) is 13.6. The second-order valence-electron chi connectivity index (χ2n) is 11.0. The van der Waals surface area contributed by atoms with Gasteiger partial charge in [-0.3, -0.25) is 14.5 Å². The molecule has 41 heavy (non-hydrogen) atoms. The number of hydrogen-bond donors (Lipinski definition) is 3. The number of likely N-dealkylation sites (tertiary alicyclic amines) is 1. The Balaban J connectivity index is 1.65. The van der Waals surface area contributed by atoms with E-state index >= 15 is 0 Å². The number of aryl methyl sites for hydroxylation is 1. The van der Waals surface area contributed by atoms with E-state index in [2.05, 4.69) is 15.4 Å². The molecule has 0 aromatic heterocycles. The molecule has 2 atom stereocenters. The van der Waals surface area contributed by atoms with Crippen LogP contribution in [0.5, 0.6) is 0 Å². The summed E-state index contributed by atoms with van der Waals surface area (Å²) in [7, 11) is -3.93. The summed E-state index contributed by atoms with van der Waals surface area (Å²) in [4.78, 5) is 39.3. The van der Waals surface area contributed by atoms with E-state index in [0.29, 0.717) is 13.0 Å². The summed E-state index contributed by atoms with van der Waals surface area (Å²) in [6.45, 7) is 7.46. The number of ether oxygens (including phenoxy) is 2. The highest BCUT2D eigenvalue weighted by Gasteiger charge is 2.34. The van der Waals surface area contributed by atoms with Gasteiger partial charge in [-0.1, -0.05) is 48.0 Å². The highest BCUT2D eigenvalue weighted by molar-refractivity contribution is 7.89. The average molecular weight is 589 g/mol. The molecule has 1 unspecified atom stereocenters. The van der Waals surface area contributed by atoms with E-state index in [9.17, 15) is 22.8 Å². The van der Waals surface area contributed by atoms with Crippen molar-refractivity contribution < 1.29 is 32.3 Å². The standard InChI is InChI=1S/C29H40N4O7S/c1-21-12-14-24(15-13-21)41(37,38)32-23(17-30-26(34)18-31-28(36)40-29(2,3)4)19-33-16-8-11-25(33)27(35)39-20-22-9-6-5-7-10-22/h5-7,9-10,12-15,23,25,32H,8,11,16-20H2,1-4H3,(H,30,34)(H,31,36)/t23?,25-/m0/s1. The van der Waals surface area contributed by atoms with Gasteiger partial charge in [-0.15, -0.1) is 0 Å². The van der Waals surface area contributed by atoms with Crippen LogP contribution in [0.2, 0.25) is 0 Å². The van der Waals surface area contributed by atoms with E-state index in [1.165, 1.54) is 12.1 Å². The third-order valence-electron chi connectivity index (χ3n) is 6.31. The second kappa shape index (κ2) is 14.4. The van der Waals surface area contributed by atoms with Crippen LogP contribution in [0.4, 0.5) is 4.79 Å². The highest BCUT2D eigenvalue weighted by Crippen LogP contribution is 2.20. The third-order valence-corrected chi connectivity index (χ3v) is 7.84. The van der Waals surface area contributed by atoms with Gasteiger partial charge in [0.15, 0.2) is 0 Å². The molecule has 2 aromatic rings. The predicted molar refractivity (Wildman–Crippen MR) is 153 cm³/mol. The molecular weight excluding hydrogens is 548 g/mol. The number of alkyl carbamates (subject to hydrolysis) is 1. The minimum Gasteiger partial charge on any atom is -0.460 e. The van der Waals surface area contributed by atoms with Crippen molar-refractivity contribution in [1.82, 2.24) is 20.3 Å². The van der Waals surface area contributed by atoms with E-state index in [4.69, 9.17) is 9.47 Å². The summed E-state index contributed by atoms with van der Waals surface area (Å²) in [5, 5.41) is 5.05. The van der Waals surface area contributed by atoms with Crippen molar-refractivity contribution in [2.45, 2.75) is 69.7 Å². The van der Waals surface area contributed by atoms with Gasteiger partial charge in [0.25, 0.3) is 0 Å². The molecule has 2 amide bonds. The molecule has 224 valence electrons. The smallest absolute Gasteiger partial charge is 0.408 e. The molecule has 0 aliphatic carbocycles. The topological polar surface area (TPSA) is 143 Å². The molecule has 3 N–H and O–H groups in total. The summed E-state index contributed by atoms with van der Waals surface area (Å²) in [5.41, 5.74) is 1.07. The summed E-state index contributed by atoms with van der Waals surface area (Å²) in [6.07, 6.45) is 0.588. The maximum absolute atomic E-state index is 13.2. The lowest BCUT2D eigenvalue weighted by Crippen LogP contribution is -2.52. The van der Waals surface area contributed by atoms with Crippen LogP contribution in [-0.2, 0) is 35.7 Å². The number of nitrogens with one attached hydrogen (secondary N) is 3. The molecule has 1 aliphatic rings. The van der Waals surface area contributed by atoms with Crippen molar-refractivity contribution in [3.8, 4) is 0 Å². The van der Waals surface area contributed by atoms with Gasteiger partial charge in [-0.2, -0.15) is 0 Å². The molecular formula is C29H40N4O7S. The summed E-state index contributed by atoms with van der Waals surface area (Å²) in [6, 6.07) is 14.5. The van der Waals surface area contributed by atoms with E-state index in [1.807, 2.05) is 42.2 Å². The van der Waals surface area contributed by atoms with Crippen LogP contribution in [0, 0.1) is 6.92 Å². The van der Waals surface area contributed by atoms with E-state index in [0.717, 1.165) is 17.5 Å². The van der Waals surface area contributed by atoms with Crippen molar-refractivity contribution >= 4 is 28.0 Å². The lowest BCUT2D eigenvalue weighted by Gasteiger charge is -2.28. The van der Waals surface area contributed by atoms with Crippen molar-refractivity contribution in [2.75, 3.05) is 26.2 Å². The molecule has 1 fully saturated rings. The van der Waals surface area contributed by atoms with E-state index < -0.39 is 39.7 Å². The first kappa shape index (κ1) is 32.0. The van der Waals surface area contributed by atoms with Gasteiger partial charge in [0.2, 0.25) is 15.9 Å². The maximum Gasteiger partial charge on any atom is 0.408 e. The molecule has 0 bridgehead atoms. The Kier molecular flexibility index (Phi) is 11.3. The fourth-order valence-electron chi connectivity index (χ4n) is 4.33. The van der Waals surface area contributed by atoms with Gasteiger partial charge < -0.3 is 20.1 Å². The largest absolute Gasteiger partial charge is 0.460 e. The van der Waals surface area contributed by atoms with Crippen LogP contribution >= 0.6 is 0 Å². The zero-order chi connectivity index (χ0) is 30.0. The Morgan fingerprint density at radius 1 is 1.02 bits per heavy atom. The summed E-state index contributed by atoms with van der Waals surface area (Å²) < 4.78 is 39.7. The fraction of sp³-hybridized carbons (Fsp3) is 0.483. The van der Waals surface area contributed by atoms with E-state index in [1.54, 1.807) is 32.9 Å². The summed E-state index contributed by atoms with van der Waals surface area (Å²) >= 11 is 0. The van der Waals surface area contributed by atoms with Gasteiger partial charge in [0, 0.05) is 13.1 Å². The van der Waals surface area contributed by atoms with Crippen molar-refractivity contribution in [1.29, 1.82) is 0 Å². The molecule has 0 saturated carbocycles. The number of nitrogens with zero attached hydrogens (tertiary/aromatic N) is 1. The molecule has 1 saturated heterocycles. The number of hydrogen-bond acceptors (Lipinski definition) is 8. The number of sulfonamides is 1. The Labute approximate surface area is 242 Å². The number of esters is 1. The number of benzene rings is 2. The number of carbonyl (C=O) groups excluding carboxylic acids is 3. The van der Waals surface area contributed by atoms with Crippen LogP contribution in [0.3, 0.4) is 0 Å². The maximum atomic E-state index is 13.2. The van der Waals surface area contributed by atoms with Crippen molar-refractivity contribution in [3.63, 3.8) is 0 Å². The van der Waals surface area contributed by atoms with Crippen molar-refractivity contribution in [3.05, 3.63) is 65.7 Å². The van der Waals surface area contributed by atoms with Gasteiger partial charge >= 0.3 is 12.1 Å². The Morgan fingerprint density at radius 3 is 2.37 bits per heavy atom. The fourth-order valence-corrected chi connectivity index (χ4v) is 5.56. The molecule has 3 rings (SSSR count). The van der Waals surface area contributed by atoms with Crippen LogP contribution in [0.15, 0.2) is 59.5 Å². The van der Waals surface area contributed by atoms with Gasteiger partial charge in [-0.05, 0) is 64.8 Å². The van der Waals surface area contributed by atoms with Gasteiger partial charge in [-0.25, -0.2) is 17.9 Å². The third kappa shape index (κ3) is 10.8. The first-order chi connectivity index (χ1) is 19.3. The zero-order valence-electron chi connectivity index (χ0n) is 24.0. The first-order valence-corrected chi connectivity index (χ1v) is 15.1. The SMILES string of the molecule is Cc1ccc(S(=O)(=O)NC(CNC(=O)CNC(=O)OC(C)(C)C)CN2CCC[C@H]2C(=O)OCc2ccccc2)cc1. The number of carbonyl (C=O) groups is 3. The molecule has 12 heteroatoms. The second-order valence-corrected chi connectivity index (χ2v) is 12.8. The minimum atomic E-state index is -3.93. The molecule has 1 heterocycles. The number of rotatable bonds is 12. The lowest BCUT2D eigenvalue weighted by molar-refractivity contribution is -0.150. The average Bonchev–Trinajstić information content (AvgIpc) is 3.37. The normalized spacial score (nSPS) is 16.5. The Hall–Kier alpha value is -3.48. The van der Waals surface area contributed by atoms with Gasteiger partial charge in [0.05, 0.1) is 17.5 Å². The van der Waals surface area contributed by atoms with Crippen molar-refractivity contribution in [2.24, 2.45) is 0 Å². The predicted octanol–water partition coefficient (Wildman–Crippen LogP) is 2.49. The molecule has 11 nitrogen and oxygen atoms in total. The highest BCUT2D eigenvalue weighted by atomic mass is 32.2. The monoisotopic (exact) mass is 588 g/mol. The van der Waals surface area contributed by atoms with Crippen LogP contribution in [0.1, 0.15) is 44.7 Å².